The van der Waals surface area contributed by atoms with Crippen LogP contribution in [0.1, 0.15) is 38.1 Å². The van der Waals surface area contributed by atoms with Gasteiger partial charge in [-0.3, -0.25) is 4.79 Å². The monoisotopic (exact) mass is 543 g/mol. The van der Waals surface area contributed by atoms with Gasteiger partial charge in [0, 0.05) is 31.3 Å². The Bertz CT molecular complexity index is 1320. The molecule has 0 bridgehead atoms. The van der Waals surface area contributed by atoms with Crippen molar-refractivity contribution in [1.29, 1.82) is 0 Å². The summed E-state index contributed by atoms with van der Waals surface area (Å²) in [6.45, 7) is 7.40. The average molecular weight is 544 g/mol. The number of benzene rings is 3. The fraction of sp³-hybridized carbons (Fsp3) is 0.321. The molecular formula is C28H28F3N3O3S. The van der Waals surface area contributed by atoms with Gasteiger partial charge in [-0.2, -0.15) is 0 Å². The Labute approximate surface area is 224 Å². The van der Waals surface area contributed by atoms with Gasteiger partial charge >= 0.3 is 0 Å². The van der Waals surface area contributed by atoms with Gasteiger partial charge in [0.15, 0.2) is 12.3 Å². The van der Waals surface area contributed by atoms with Crippen molar-refractivity contribution < 1.29 is 26.9 Å². The van der Waals surface area contributed by atoms with Gasteiger partial charge in [0.05, 0.1) is 30.0 Å². The van der Waals surface area contributed by atoms with Crippen LogP contribution in [0.15, 0.2) is 54.6 Å². The minimum Gasteiger partial charge on any atom is -0.465 e. The first kappa shape index (κ1) is 26.2. The second-order valence-corrected chi connectivity index (χ2v) is 10.4. The number of anilines is 2. The third kappa shape index (κ3) is 5.02. The normalized spacial score (nSPS) is 17.1. The van der Waals surface area contributed by atoms with E-state index in [1.165, 1.54) is 23.4 Å². The van der Waals surface area contributed by atoms with Gasteiger partial charge in [-0.25, -0.2) is 13.1 Å². The highest BCUT2D eigenvalue weighted by molar-refractivity contribution is 7.95. The summed E-state index contributed by atoms with van der Waals surface area (Å²) in [4.78, 5) is 13.4. The quantitative estimate of drug-likeness (QED) is 0.355. The van der Waals surface area contributed by atoms with Crippen molar-refractivity contribution in [1.82, 2.24) is 5.32 Å². The maximum atomic E-state index is 15.2. The van der Waals surface area contributed by atoms with E-state index in [0.717, 1.165) is 5.56 Å². The molecule has 1 unspecified atom stereocenters. The molecule has 0 aromatic heterocycles. The summed E-state index contributed by atoms with van der Waals surface area (Å²) < 4.78 is 56.8. The highest BCUT2D eigenvalue weighted by atomic mass is 32.2. The number of hydrogen-bond donors (Lipinski definition) is 1. The van der Waals surface area contributed by atoms with E-state index in [0.29, 0.717) is 54.6 Å². The number of ether oxygens (including phenoxy) is 2. The molecule has 1 fully saturated rings. The zero-order valence-corrected chi connectivity index (χ0v) is 22.1. The summed E-state index contributed by atoms with van der Waals surface area (Å²) in [6, 6.07) is 14.7. The van der Waals surface area contributed by atoms with E-state index in [1.807, 2.05) is 30.9 Å². The number of rotatable bonds is 7. The van der Waals surface area contributed by atoms with Crippen LogP contribution in [-0.2, 0) is 15.1 Å². The molecule has 0 saturated carbocycles. The van der Waals surface area contributed by atoms with E-state index >= 15 is 8.78 Å². The van der Waals surface area contributed by atoms with Gasteiger partial charge in [0.25, 0.3) is 0 Å². The van der Waals surface area contributed by atoms with Crippen LogP contribution in [0.4, 0.5) is 24.0 Å². The Morgan fingerprint density at radius 3 is 2.32 bits per heavy atom. The average Bonchev–Trinajstić information content (AvgIpc) is 2.88. The second kappa shape index (κ2) is 10.4. The molecule has 3 aromatic carbocycles. The van der Waals surface area contributed by atoms with Gasteiger partial charge in [0.1, 0.15) is 17.4 Å². The van der Waals surface area contributed by atoms with E-state index in [1.54, 1.807) is 30.3 Å². The molecule has 5 rings (SSSR count). The summed E-state index contributed by atoms with van der Waals surface area (Å²) in [5.74, 6) is -0.995. The molecule has 0 spiro atoms. The third-order valence-corrected chi connectivity index (χ3v) is 7.36. The smallest absolute Gasteiger partial charge is 0.217 e. The zero-order chi connectivity index (χ0) is 27.0. The van der Waals surface area contributed by atoms with Crippen molar-refractivity contribution in [3.8, 4) is 16.9 Å². The maximum Gasteiger partial charge on any atom is 0.217 e. The van der Waals surface area contributed by atoms with Crippen LogP contribution in [0.25, 0.3) is 11.1 Å². The maximum absolute atomic E-state index is 15.2. The van der Waals surface area contributed by atoms with Crippen molar-refractivity contribution >= 4 is 29.6 Å². The third-order valence-electron chi connectivity index (χ3n) is 6.82. The molecule has 2 aliphatic rings. The SMILES string of the molecule is CC(=O)NC(C)(C)c1ccc(OC2c3cc(-c4c(F)cc(N5CCOCC5)cc4F)ccc3N2SF)cc1. The minimum absolute atomic E-state index is 0.0185. The predicted molar refractivity (Wildman–Crippen MR) is 143 cm³/mol. The van der Waals surface area contributed by atoms with Gasteiger partial charge in [-0.1, -0.05) is 18.2 Å². The predicted octanol–water partition coefficient (Wildman–Crippen LogP) is 6.27. The molecule has 38 heavy (non-hydrogen) atoms. The lowest BCUT2D eigenvalue weighted by Gasteiger charge is -2.40. The molecule has 0 aliphatic carbocycles. The topological polar surface area (TPSA) is 54.0 Å². The minimum atomic E-state index is -0.784. The number of carbonyl (C=O) groups excluding carboxylic acids is 1. The van der Waals surface area contributed by atoms with Crippen LogP contribution in [0.5, 0.6) is 5.75 Å². The summed E-state index contributed by atoms with van der Waals surface area (Å²) in [5.41, 5.74) is 2.17. The molecule has 1 N–H and O–H groups in total. The van der Waals surface area contributed by atoms with Crippen molar-refractivity contribution in [2.24, 2.45) is 0 Å². The molecule has 200 valence electrons. The molecule has 1 saturated heterocycles. The van der Waals surface area contributed by atoms with Crippen molar-refractivity contribution in [3.63, 3.8) is 0 Å². The Balaban J connectivity index is 1.39. The summed E-state index contributed by atoms with van der Waals surface area (Å²) in [7, 11) is 0. The van der Waals surface area contributed by atoms with Gasteiger partial charge < -0.3 is 19.7 Å². The molecule has 3 aromatic rings. The molecule has 1 amide bonds. The van der Waals surface area contributed by atoms with Crippen LogP contribution in [-0.4, -0.2) is 32.2 Å². The fourth-order valence-corrected chi connectivity index (χ4v) is 5.38. The van der Waals surface area contributed by atoms with E-state index in [9.17, 15) is 8.68 Å². The van der Waals surface area contributed by atoms with Crippen molar-refractivity contribution in [2.45, 2.75) is 32.5 Å². The first-order valence-corrected chi connectivity index (χ1v) is 13.0. The Morgan fingerprint density at radius 1 is 1.05 bits per heavy atom. The highest BCUT2D eigenvalue weighted by Gasteiger charge is 2.39. The summed E-state index contributed by atoms with van der Waals surface area (Å²) in [6.07, 6.45) is -0.784. The van der Waals surface area contributed by atoms with Gasteiger partial charge in [0.2, 0.25) is 12.1 Å². The zero-order valence-electron chi connectivity index (χ0n) is 21.3. The lowest BCUT2D eigenvalue weighted by molar-refractivity contribution is -0.120. The van der Waals surface area contributed by atoms with Gasteiger partial charge in [-0.05, 0) is 61.4 Å². The van der Waals surface area contributed by atoms with E-state index < -0.39 is 23.4 Å². The van der Waals surface area contributed by atoms with E-state index in [4.69, 9.17) is 9.47 Å². The lowest BCUT2D eigenvalue weighted by atomic mass is 9.94. The number of nitrogens with zero attached hydrogens (tertiary/aromatic N) is 2. The molecule has 1 atom stereocenters. The molecular weight excluding hydrogens is 515 g/mol. The number of morpholine rings is 1. The number of amides is 1. The molecule has 2 aliphatic heterocycles. The van der Waals surface area contributed by atoms with E-state index in [2.05, 4.69) is 5.32 Å². The van der Waals surface area contributed by atoms with Crippen LogP contribution in [0, 0.1) is 11.6 Å². The Morgan fingerprint density at radius 2 is 1.71 bits per heavy atom. The Kier molecular flexibility index (Phi) is 7.19. The largest absolute Gasteiger partial charge is 0.465 e. The first-order chi connectivity index (χ1) is 18.2. The first-order valence-electron chi connectivity index (χ1n) is 12.3. The number of hydrogen-bond acceptors (Lipinski definition) is 6. The van der Waals surface area contributed by atoms with E-state index in [-0.39, 0.29) is 23.8 Å². The molecule has 10 heteroatoms. The van der Waals surface area contributed by atoms with Crippen LogP contribution in [0.2, 0.25) is 0 Å². The number of carbonyl (C=O) groups is 1. The molecule has 0 radical (unpaired) electrons. The van der Waals surface area contributed by atoms with Crippen LogP contribution >= 0.6 is 12.3 Å². The Hall–Kier alpha value is -3.37. The standard InChI is InChI=1S/C28H28F3N3O3S/c1-17(35)32-28(2,3)19-5-7-21(8-6-19)37-27-22-14-18(4-9-25(22)34(27)38-31)26-23(29)15-20(16-24(26)30)33-10-12-36-13-11-33/h4-9,14-16,27H,10-13H2,1-3H3,(H,32,35). The van der Waals surface area contributed by atoms with Gasteiger partial charge in [-0.15, -0.1) is 3.89 Å². The van der Waals surface area contributed by atoms with Crippen LogP contribution in [0.3, 0.4) is 0 Å². The second-order valence-electron chi connectivity index (χ2n) is 9.85. The van der Waals surface area contributed by atoms with Crippen molar-refractivity contribution in [3.05, 3.63) is 77.4 Å². The summed E-state index contributed by atoms with van der Waals surface area (Å²) >= 11 is 0.0185. The molecule has 6 nitrogen and oxygen atoms in total. The summed E-state index contributed by atoms with van der Waals surface area (Å²) in [5, 5.41) is 2.89. The fourth-order valence-electron chi connectivity index (χ4n) is 4.91. The van der Waals surface area contributed by atoms with Crippen molar-refractivity contribution in [2.75, 3.05) is 35.5 Å². The number of halogens is 3. The lowest BCUT2D eigenvalue weighted by Crippen LogP contribution is -2.39. The highest BCUT2D eigenvalue weighted by Crippen LogP contribution is 2.50. The van der Waals surface area contributed by atoms with Crippen LogP contribution < -0.4 is 19.3 Å². The molecule has 2 heterocycles. The number of fused-ring (bicyclic) bond motifs is 1. The number of nitrogens with one attached hydrogen (secondary N) is 1.